The molecule has 10 heteroatoms. The van der Waals surface area contributed by atoms with Gasteiger partial charge in [-0.1, -0.05) is 35.0 Å². The first-order chi connectivity index (χ1) is 14.3. The lowest BCUT2D eigenvalue weighted by atomic mass is 10.2. The molecule has 0 bridgehead atoms. The number of carbonyl (C=O) groups excluding carboxylic acids is 2. The molecular formula is C20H22Cl2N2O4S2. The van der Waals surface area contributed by atoms with Crippen molar-refractivity contribution in [2.45, 2.75) is 43.2 Å². The lowest BCUT2D eigenvalue weighted by Crippen LogP contribution is -2.38. The summed E-state index contributed by atoms with van der Waals surface area (Å²) in [6, 6.07) is 5.13. The fourth-order valence-electron chi connectivity index (χ4n) is 2.96. The normalized spacial score (nSPS) is 16.4. The van der Waals surface area contributed by atoms with Crippen molar-refractivity contribution in [3.63, 3.8) is 0 Å². The maximum Gasteiger partial charge on any atom is 0.358 e. The fourth-order valence-corrected chi connectivity index (χ4v) is 5.05. The first-order valence-corrected chi connectivity index (χ1v) is 12.1. The Labute approximate surface area is 193 Å². The molecule has 6 nitrogen and oxygen atoms in total. The third-order valence-corrected chi connectivity index (χ3v) is 7.12. The van der Waals surface area contributed by atoms with E-state index in [4.69, 9.17) is 32.7 Å². The average molecular weight is 489 g/mol. The zero-order valence-corrected chi connectivity index (χ0v) is 19.7. The number of amides is 1. The third-order valence-electron chi connectivity index (χ3n) is 4.38. The van der Waals surface area contributed by atoms with Crippen LogP contribution in [0.2, 0.25) is 10.0 Å². The number of hydrogen-bond acceptors (Lipinski definition) is 7. The van der Waals surface area contributed by atoms with E-state index in [0.29, 0.717) is 46.8 Å². The second-order valence-electron chi connectivity index (χ2n) is 6.97. The van der Waals surface area contributed by atoms with Crippen molar-refractivity contribution in [1.29, 1.82) is 0 Å². The third kappa shape index (κ3) is 6.26. The van der Waals surface area contributed by atoms with Gasteiger partial charge in [0.05, 0.1) is 22.2 Å². The molecule has 2 aromatic rings. The Kier molecular flexibility index (Phi) is 8.27. The van der Waals surface area contributed by atoms with Crippen LogP contribution in [0.1, 0.15) is 37.2 Å². The summed E-state index contributed by atoms with van der Waals surface area (Å²) in [5.41, 5.74) is 0.321. The van der Waals surface area contributed by atoms with Crippen molar-refractivity contribution in [3.8, 4) is 5.75 Å². The van der Waals surface area contributed by atoms with Crippen LogP contribution in [0.5, 0.6) is 5.75 Å². The molecule has 30 heavy (non-hydrogen) atoms. The van der Waals surface area contributed by atoms with Gasteiger partial charge in [-0.05, 0) is 32.4 Å². The van der Waals surface area contributed by atoms with Gasteiger partial charge in [0.25, 0.3) is 0 Å². The van der Waals surface area contributed by atoms with Crippen molar-refractivity contribution < 1.29 is 19.1 Å². The summed E-state index contributed by atoms with van der Waals surface area (Å²) in [5.74, 6) is 1.02. The largest absolute Gasteiger partial charge is 0.491 e. The van der Waals surface area contributed by atoms with Gasteiger partial charge in [0.2, 0.25) is 5.91 Å². The monoisotopic (exact) mass is 488 g/mol. The number of carbonyl (C=O) groups is 2. The Morgan fingerprint density at radius 3 is 2.90 bits per heavy atom. The van der Waals surface area contributed by atoms with E-state index >= 15 is 0 Å². The zero-order chi connectivity index (χ0) is 21.7. The van der Waals surface area contributed by atoms with Gasteiger partial charge in [-0.2, -0.15) is 0 Å². The van der Waals surface area contributed by atoms with Crippen LogP contribution in [0.3, 0.4) is 0 Å². The van der Waals surface area contributed by atoms with Crippen molar-refractivity contribution in [3.05, 3.63) is 39.3 Å². The zero-order valence-electron chi connectivity index (χ0n) is 16.6. The van der Waals surface area contributed by atoms with E-state index < -0.39 is 5.97 Å². The molecule has 1 aromatic carbocycles. The summed E-state index contributed by atoms with van der Waals surface area (Å²) in [6.07, 6.45) is 1.09. The van der Waals surface area contributed by atoms with Crippen LogP contribution in [-0.4, -0.2) is 52.8 Å². The molecule has 1 fully saturated rings. The van der Waals surface area contributed by atoms with Gasteiger partial charge in [0.1, 0.15) is 12.4 Å². The van der Waals surface area contributed by atoms with E-state index in [-0.39, 0.29) is 18.1 Å². The minimum Gasteiger partial charge on any atom is -0.491 e. The van der Waals surface area contributed by atoms with Gasteiger partial charge in [-0.15, -0.1) is 11.3 Å². The number of thioether (sulfide) groups is 1. The summed E-state index contributed by atoms with van der Waals surface area (Å²) in [7, 11) is 0. The van der Waals surface area contributed by atoms with Gasteiger partial charge in [0, 0.05) is 30.2 Å². The number of benzene rings is 1. The van der Waals surface area contributed by atoms with Crippen LogP contribution in [0.15, 0.2) is 27.9 Å². The molecular weight excluding hydrogens is 467 g/mol. The molecule has 0 radical (unpaired) electrons. The van der Waals surface area contributed by atoms with E-state index in [0.717, 1.165) is 10.8 Å². The molecule has 1 aliphatic heterocycles. The summed E-state index contributed by atoms with van der Waals surface area (Å²) in [5, 5.41) is 2.61. The highest BCUT2D eigenvalue weighted by Gasteiger charge is 2.31. The first-order valence-electron chi connectivity index (χ1n) is 9.50. The quantitative estimate of drug-likeness (QED) is 0.357. The Bertz CT molecular complexity index is 907. The smallest absolute Gasteiger partial charge is 0.358 e. The van der Waals surface area contributed by atoms with E-state index in [1.54, 1.807) is 37.4 Å². The van der Waals surface area contributed by atoms with E-state index in [2.05, 4.69) is 4.98 Å². The molecule has 1 aliphatic rings. The van der Waals surface area contributed by atoms with Crippen LogP contribution in [0, 0.1) is 0 Å². The summed E-state index contributed by atoms with van der Waals surface area (Å²) in [6.45, 7) is 4.59. The van der Waals surface area contributed by atoms with Gasteiger partial charge < -0.3 is 14.4 Å². The maximum absolute atomic E-state index is 12.3. The Morgan fingerprint density at radius 1 is 1.37 bits per heavy atom. The van der Waals surface area contributed by atoms with Crippen LogP contribution in [0.25, 0.3) is 0 Å². The number of likely N-dealkylation sites (tertiary alicyclic amines) is 1. The predicted octanol–water partition coefficient (Wildman–Crippen LogP) is 5.18. The Balaban J connectivity index is 1.48. The summed E-state index contributed by atoms with van der Waals surface area (Å²) in [4.78, 5) is 30.3. The number of esters is 1. The van der Waals surface area contributed by atoms with E-state index in [1.165, 1.54) is 23.1 Å². The van der Waals surface area contributed by atoms with Crippen LogP contribution < -0.4 is 4.74 Å². The molecule has 0 saturated carbocycles. The number of thiazole rings is 1. The topological polar surface area (TPSA) is 68.7 Å². The van der Waals surface area contributed by atoms with Crippen LogP contribution >= 0.6 is 46.3 Å². The highest BCUT2D eigenvalue weighted by atomic mass is 35.5. The molecule has 1 atom stereocenters. The van der Waals surface area contributed by atoms with E-state index in [1.807, 2.05) is 4.90 Å². The Morgan fingerprint density at radius 2 is 2.17 bits per heavy atom. The fraction of sp³-hybridized carbons (Fsp3) is 0.450. The molecule has 0 aliphatic carbocycles. The second kappa shape index (κ2) is 10.7. The van der Waals surface area contributed by atoms with Crippen molar-refractivity contribution in [2.75, 3.05) is 18.9 Å². The van der Waals surface area contributed by atoms with Gasteiger partial charge >= 0.3 is 5.97 Å². The molecule has 0 unspecified atom stereocenters. The number of rotatable bonds is 9. The average Bonchev–Trinajstić information content (AvgIpc) is 3.30. The number of aromatic nitrogens is 1. The lowest BCUT2D eigenvalue weighted by Gasteiger charge is -2.24. The van der Waals surface area contributed by atoms with Gasteiger partial charge in [0.15, 0.2) is 10.0 Å². The number of halogens is 2. The van der Waals surface area contributed by atoms with Crippen LogP contribution in [-0.2, 0) is 9.53 Å². The number of hydrogen-bond donors (Lipinski definition) is 0. The predicted molar refractivity (Wildman–Crippen MR) is 120 cm³/mol. The number of nitrogens with zero attached hydrogens (tertiary/aromatic N) is 2. The highest BCUT2D eigenvalue weighted by molar-refractivity contribution is 8.01. The molecule has 0 spiro atoms. The molecule has 0 N–H and O–H groups in total. The van der Waals surface area contributed by atoms with Crippen molar-refractivity contribution in [2.24, 2.45) is 0 Å². The lowest BCUT2D eigenvalue weighted by molar-refractivity contribution is -0.129. The Hall–Kier alpha value is -1.48. The van der Waals surface area contributed by atoms with Gasteiger partial charge in [-0.25, -0.2) is 9.78 Å². The van der Waals surface area contributed by atoms with Gasteiger partial charge in [-0.3, -0.25) is 4.79 Å². The second-order valence-corrected chi connectivity index (χ2v) is 9.98. The molecule has 1 aromatic heterocycles. The maximum atomic E-state index is 12.3. The number of ether oxygens (including phenoxy) is 2. The first kappa shape index (κ1) is 23.2. The van der Waals surface area contributed by atoms with Crippen LogP contribution in [0.4, 0.5) is 0 Å². The molecule has 1 amide bonds. The van der Waals surface area contributed by atoms with Crippen molar-refractivity contribution >= 4 is 58.2 Å². The SMILES string of the molecule is CC(C)OC(=O)c1csc(SCCN2C(=O)CC[C@@H]2COc2ccc(Cl)c(Cl)c2)n1. The highest BCUT2D eigenvalue weighted by Crippen LogP contribution is 2.28. The van der Waals surface area contributed by atoms with Crippen molar-refractivity contribution in [1.82, 2.24) is 9.88 Å². The molecule has 3 rings (SSSR count). The summed E-state index contributed by atoms with van der Waals surface area (Å²) < 4.78 is 11.8. The molecule has 162 valence electrons. The minimum atomic E-state index is -0.415. The molecule has 2 heterocycles. The standard InChI is InChI=1S/C20H22Cl2N2O4S2/c1-12(2)28-19(26)17-11-30-20(23-17)29-8-7-24-13(3-6-18(24)25)10-27-14-4-5-15(21)16(22)9-14/h4-5,9,11-13H,3,6-8,10H2,1-2H3/t13-/m1/s1. The molecule has 1 saturated heterocycles. The summed E-state index contributed by atoms with van der Waals surface area (Å²) >= 11 is 14.9. The minimum absolute atomic E-state index is 0.0143. The van der Waals surface area contributed by atoms with E-state index in [9.17, 15) is 9.59 Å².